The quantitative estimate of drug-likeness (QED) is 0.107. The van der Waals surface area contributed by atoms with Gasteiger partial charge in [-0.25, -0.2) is 4.98 Å². The van der Waals surface area contributed by atoms with E-state index in [0.717, 1.165) is 33.3 Å². The molecule has 6 nitrogen and oxygen atoms in total. The number of ether oxygens (including phenoxy) is 1. The molecule has 1 unspecified atom stereocenters. The summed E-state index contributed by atoms with van der Waals surface area (Å²) in [5.74, 6) is 1.37. The van der Waals surface area contributed by atoms with Crippen LogP contribution >= 0.6 is 0 Å². The van der Waals surface area contributed by atoms with Crippen molar-refractivity contribution in [1.29, 1.82) is 0 Å². The normalized spacial score (nSPS) is 14.9. The molecule has 0 saturated carbocycles. The molecular formula is C74H65N5OPt-2. The summed E-state index contributed by atoms with van der Waals surface area (Å²) in [6, 6.07) is 40.2. The Morgan fingerprint density at radius 1 is 0.543 bits per heavy atom. The minimum Gasteiger partial charge on any atom is -0.510 e. The fraction of sp³-hybridized carbons (Fsp3) is 0.189. The Hall–Kier alpha value is -8.31. The second-order valence-electron chi connectivity index (χ2n) is 23.7. The number of nitrogens with zero attached hydrogens (tertiary/aromatic N) is 5. The predicted octanol–water partition coefficient (Wildman–Crippen LogP) is 18.8. The van der Waals surface area contributed by atoms with Gasteiger partial charge in [-0.3, -0.25) is 4.57 Å². The van der Waals surface area contributed by atoms with Crippen molar-refractivity contribution in [3.8, 4) is 56.6 Å². The van der Waals surface area contributed by atoms with Gasteiger partial charge in [-0.1, -0.05) is 202 Å². The molecule has 0 radical (unpaired) electrons. The smallest absolute Gasteiger partial charge is 0.268 e. The third kappa shape index (κ3) is 9.57. The van der Waals surface area contributed by atoms with Crippen LogP contribution in [0, 0.1) is 23.9 Å². The molecule has 404 valence electrons. The Labute approximate surface area is 508 Å². The van der Waals surface area contributed by atoms with Crippen LogP contribution in [0.1, 0.15) is 110 Å². The number of rotatable bonds is 9. The first-order valence-corrected chi connectivity index (χ1v) is 26.9. The Morgan fingerprint density at radius 2 is 1.19 bits per heavy atom. The molecule has 0 spiro atoms. The van der Waals surface area contributed by atoms with E-state index in [-0.39, 0.29) is 82.7 Å². The second-order valence-corrected chi connectivity index (χ2v) is 23.7. The van der Waals surface area contributed by atoms with Crippen LogP contribution in [0.25, 0.3) is 99.8 Å². The molecule has 0 aliphatic carbocycles. The van der Waals surface area contributed by atoms with Crippen molar-refractivity contribution in [2.75, 3.05) is 0 Å². The number of imidazole rings is 1. The Morgan fingerprint density at radius 3 is 1.88 bits per heavy atom. The predicted molar refractivity (Wildman–Crippen MR) is 330 cm³/mol. The molecule has 9 aromatic carbocycles. The van der Waals surface area contributed by atoms with Gasteiger partial charge in [0.1, 0.15) is 5.82 Å². The summed E-state index contributed by atoms with van der Waals surface area (Å²) in [4.78, 5) is 4.95. The first-order chi connectivity index (χ1) is 43.9. The Bertz CT molecular complexity index is 5200. The molecule has 0 aliphatic heterocycles. The molecule has 0 aliphatic rings. The molecule has 7 heteroatoms. The maximum atomic E-state index is 9.29. The maximum Gasteiger partial charge on any atom is 0.268 e. The standard InChI is InChI=1S/C74H65N5O.Pt/c1-48(72(2,3)4)50-38-39-75-70(42-50)79-66-37-34-55(78-64-30-16-14-26-60(64)61-27-15-17-31-65(61)78)45-63(66)62-36-35-57(46-69(62)79)80-56-25-20-24-54(44-56)76-47-77(68-33-19-18-32-67(68)76)71-58(49-22-12-11-13-23-49)28-21-29-59(71)51-40-52(73(5,6)7)43-53(41-51)74(8,9)10;/h11-43,45,48H,1-10H3;/q-2;/i11D,12D,13D,14D,15D,16D,17D,22D,23D,26D,27D,30D,31D;. The van der Waals surface area contributed by atoms with Crippen molar-refractivity contribution in [1.82, 2.24) is 18.7 Å². The Balaban J connectivity index is 0.00000848. The van der Waals surface area contributed by atoms with Gasteiger partial charge in [-0.05, 0) is 115 Å². The van der Waals surface area contributed by atoms with E-state index in [9.17, 15) is 5.48 Å². The number of hydrogen-bond donors (Lipinski definition) is 0. The van der Waals surface area contributed by atoms with Crippen LogP contribution in [-0.2, 0) is 31.9 Å². The molecule has 0 N–H and O–H groups in total. The average molecular weight is 1250 g/mol. The van der Waals surface area contributed by atoms with Crippen molar-refractivity contribution >= 4 is 54.6 Å². The molecule has 13 aromatic rings. The molecular weight excluding hydrogens is 1170 g/mol. The van der Waals surface area contributed by atoms with Gasteiger partial charge in [0, 0.05) is 60.7 Å². The number of fused-ring (bicyclic) bond motifs is 7. The molecule has 0 saturated heterocycles. The SMILES string of the molecule is [2H]c1c([2H])c([2H])c(-c2cccc(-c3cc(C(C)(C)C)cc(C(C)(C)C)c3)c2-[n+]2[c-]n(-c3[c-]c(Oc4[c-]c5c(cc4)c4cc(-n6c7c([2H])c([2H])c([2H])c([2H])c7c7c([2H])c([2H])c([2H])c([2H])c76)ccc4n5-c4cc(C(C)C(C)(C)C)ccn4)ccc3)c3ccccc32)c([2H])c1[2H].[Pt]. The summed E-state index contributed by atoms with van der Waals surface area (Å²) in [5, 5.41) is 1.36. The zero-order valence-electron chi connectivity index (χ0n) is 59.7. The maximum absolute atomic E-state index is 9.29. The van der Waals surface area contributed by atoms with E-state index in [2.05, 4.69) is 112 Å². The van der Waals surface area contributed by atoms with E-state index in [0.29, 0.717) is 67.3 Å². The van der Waals surface area contributed by atoms with Gasteiger partial charge in [0.15, 0.2) is 0 Å². The van der Waals surface area contributed by atoms with Gasteiger partial charge in [-0.2, -0.15) is 18.2 Å². The van der Waals surface area contributed by atoms with Crippen LogP contribution in [0.4, 0.5) is 0 Å². The van der Waals surface area contributed by atoms with E-state index < -0.39 is 66.5 Å². The van der Waals surface area contributed by atoms with E-state index in [4.69, 9.17) is 22.1 Å². The molecule has 0 fully saturated rings. The third-order valence-corrected chi connectivity index (χ3v) is 15.5. The van der Waals surface area contributed by atoms with Crippen LogP contribution in [0.2, 0.25) is 0 Å². The molecule has 4 aromatic heterocycles. The van der Waals surface area contributed by atoms with Crippen molar-refractivity contribution in [3.05, 3.63) is 241 Å². The van der Waals surface area contributed by atoms with E-state index in [1.165, 1.54) is 4.57 Å². The summed E-state index contributed by atoms with van der Waals surface area (Å²) < 4.78 is 130. The fourth-order valence-corrected chi connectivity index (χ4v) is 10.8. The van der Waals surface area contributed by atoms with Gasteiger partial charge in [0.05, 0.1) is 45.6 Å². The van der Waals surface area contributed by atoms with Crippen LogP contribution in [-0.4, -0.2) is 18.7 Å². The molecule has 4 heterocycles. The van der Waals surface area contributed by atoms with Gasteiger partial charge in [0.2, 0.25) is 0 Å². The molecule has 13 rings (SSSR count). The van der Waals surface area contributed by atoms with Gasteiger partial charge >= 0.3 is 0 Å². The van der Waals surface area contributed by atoms with Crippen LogP contribution < -0.4 is 9.30 Å². The molecule has 81 heavy (non-hydrogen) atoms. The van der Waals surface area contributed by atoms with Gasteiger partial charge in [-0.15, -0.1) is 29.7 Å². The second kappa shape index (κ2) is 20.3. The molecule has 0 bridgehead atoms. The van der Waals surface area contributed by atoms with E-state index in [1.54, 1.807) is 30.5 Å². The summed E-state index contributed by atoms with van der Waals surface area (Å²) in [6.45, 7) is 21.8. The minimum atomic E-state index is -0.521. The summed E-state index contributed by atoms with van der Waals surface area (Å²) in [5.41, 5.74) is 9.01. The number of aromatic nitrogens is 5. The van der Waals surface area contributed by atoms with Crippen molar-refractivity contribution in [2.24, 2.45) is 5.41 Å². The molecule has 1 atom stereocenters. The monoisotopic (exact) mass is 1250 g/mol. The van der Waals surface area contributed by atoms with Crippen molar-refractivity contribution in [2.45, 2.75) is 86.0 Å². The topological polar surface area (TPSA) is 40.8 Å². The molecule has 0 amide bonds. The zero-order chi connectivity index (χ0) is 66.6. The van der Waals surface area contributed by atoms with Crippen LogP contribution in [0.15, 0.2) is 206 Å². The van der Waals surface area contributed by atoms with E-state index in [1.807, 2.05) is 86.5 Å². The fourth-order valence-electron chi connectivity index (χ4n) is 10.8. The zero-order valence-corrected chi connectivity index (χ0v) is 48.9. The van der Waals surface area contributed by atoms with E-state index >= 15 is 0 Å². The number of hydrogen-bond acceptors (Lipinski definition) is 2. The van der Waals surface area contributed by atoms with Crippen LogP contribution in [0.5, 0.6) is 11.5 Å². The first kappa shape index (κ1) is 40.0. The average Bonchev–Trinajstić information content (AvgIpc) is 1.65. The number of benzene rings is 9. The number of para-hydroxylation sites is 5. The summed E-state index contributed by atoms with van der Waals surface area (Å²) >= 11 is 0. The van der Waals surface area contributed by atoms with Gasteiger partial charge < -0.3 is 18.4 Å². The Kier molecular flexibility index (Phi) is 10.0. The number of pyridine rings is 1. The first-order valence-electron chi connectivity index (χ1n) is 33.4. The van der Waals surface area contributed by atoms with Gasteiger partial charge in [0.25, 0.3) is 6.33 Å². The third-order valence-electron chi connectivity index (χ3n) is 15.5. The largest absolute Gasteiger partial charge is 0.510 e. The van der Waals surface area contributed by atoms with Crippen molar-refractivity contribution in [3.63, 3.8) is 0 Å². The summed E-state index contributed by atoms with van der Waals surface area (Å²) in [7, 11) is 0. The van der Waals surface area contributed by atoms with Crippen molar-refractivity contribution < 1.29 is 48.2 Å². The summed E-state index contributed by atoms with van der Waals surface area (Å²) in [6.07, 6.45) is 5.43. The van der Waals surface area contributed by atoms with Crippen LogP contribution in [0.3, 0.4) is 0 Å². The minimum absolute atomic E-state index is 0.